The molecule has 0 radical (unpaired) electrons. The number of sulfonamides is 1. The molecule has 2 amide bonds. The summed E-state index contributed by atoms with van der Waals surface area (Å²) in [5.41, 5.74) is 1.66. The van der Waals surface area contributed by atoms with Crippen molar-refractivity contribution >= 4 is 62.3 Å². The van der Waals surface area contributed by atoms with Gasteiger partial charge in [-0.3, -0.25) is 13.9 Å². The molecule has 3 aromatic carbocycles. The lowest BCUT2D eigenvalue weighted by Crippen LogP contribution is -2.51. The number of benzene rings is 3. The molecule has 1 atom stereocenters. The van der Waals surface area contributed by atoms with Crippen molar-refractivity contribution in [1.82, 2.24) is 10.2 Å². The molecule has 11 heteroatoms. The Morgan fingerprint density at radius 3 is 2.18 bits per heavy atom. The highest BCUT2D eigenvalue weighted by Crippen LogP contribution is 2.28. The average Bonchev–Trinajstić information content (AvgIpc) is 2.88. The summed E-state index contributed by atoms with van der Waals surface area (Å²) in [6, 6.07) is 16.5. The first-order valence-corrected chi connectivity index (χ1v) is 14.3. The lowest BCUT2D eigenvalue weighted by atomic mass is 10.1. The van der Waals surface area contributed by atoms with Gasteiger partial charge in [0.25, 0.3) is 10.0 Å². The third-order valence-electron chi connectivity index (χ3n) is 5.97. The monoisotopic (exact) mass is 595 g/mol. The number of hydrogen-bond donors (Lipinski definition) is 1. The zero-order chi connectivity index (χ0) is 28.0. The number of carbonyl (C=O) groups is 2. The van der Waals surface area contributed by atoms with E-state index in [0.717, 1.165) is 9.87 Å². The number of likely N-dealkylation sites (N-methyl/N-ethyl adjacent to an activating group) is 1. The molecule has 0 aromatic heterocycles. The van der Waals surface area contributed by atoms with Gasteiger partial charge in [0.05, 0.1) is 10.6 Å². The predicted molar refractivity (Wildman–Crippen MR) is 152 cm³/mol. The quantitative estimate of drug-likeness (QED) is 0.325. The third-order valence-corrected chi connectivity index (χ3v) is 8.58. The maximum absolute atomic E-state index is 13.9. The smallest absolute Gasteiger partial charge is 0.264 e. The summed E-state index contributed by atoms with van der Waals surface area (Å²) in [5, 5.41) is 3.63. The van der Waals surface area contributed by atoms with E-state index in [0.29, 0.717) is 27.1 Å². The number of nitrogens with zero attached hydrogens (tertiary/aromatic N) is 2. The van der Waals surface area contributed by atoms with Crippen molar-refractivity contribution in [3.8, 4) is 0 Å². The van der Waals surface area contributed by atoms with Gasteiger partial charge in [-0.15, -0.1) is 0 Å². The van der Waals surface area contributed by atoms with Gasteiger partial charge in [0, 0.05) is 28.7 Å². The molecule has 38 heavy (non-hydrogen) atoms. The fourth-order valence-electron chi connectivity index (χ4n) is 3.92. The van der Waals surface area contributed by atoms with Crippen LogP contribution in [0.15, 0.2) is 71.6 Å². The van der Waals surface area contributed by atoms with Crippen LogP contribution in [-0.2, 0) is 26.2 Å². The first kappa shape index (κ1) is 29.8. The lowest BCUT2D eigenvalue weighted by molar-refractivity contribution is -0.140. The molecule has 0 fully saturated rings. The van der Waals surface area contributed by atoms with Crippen LogP contribution in [0.1, 0.15) is 24.5 Å². The van der Waals surface area contributed by atoms with Crippen molar-refractivity contribution in [2.24, 2.45) is 0 Å². The van der Waals surface area contributed by atoms with E-state index in [4.69, 9.17) is 34.8 Å². The molecule has 0 unspecified atom stereocenters. The van der Waals surface area contributed by atoms with Crippen molar-refractivity contribution in [2.45, 2.75) is 37.8 Å². The summed E-state index contributed by atoms with van der Waals surface area (Å²) < 4.78 is 28.6. The van der Waals surface area contributed by atoms with Gasteiger partial charge in [0.1, 0.15) is 12.6 Å². The summed E-state index contributed by atoms with van der Waals surface area (Å²) in [6.07, 6.45) is 0.290. The second-order valence-corrected chi connectivity index (χ2v) is 11.7. The van der Waals surface area contributed by atoms with E-state index in [1.165, 1.54) is 30.1 Å². The number of carbonyl (C=O) groups excluding carboxylic acids is 2. The minimum Gasteiger partial charge on any atom is -0.357 e. The standard InChI is InChI=1S/C27H28Cl3N3O4S/c1-4-25(27(35)31-3)32(16-19-10-11-21(29)15-24(19)30)26(34)17-33(22-7-5-6-20(28)14-22)38(36,37)23-12-8-18(2)9-13-23/h5-15,25H,4,16-17H2,1-3H3,(H,31,35)/t25-/m1/s1. The molecule has 0 spiro atoms. The van der Waals surface area contributed by atoms with Gasteiger partial charge in [-0.25, -0.2) is 8.42 Å². The molecular weight excluding hydrogens is 569 g/mol. The van der Waals surface area contributed by atoms with Gasteiger partial charge in [-0.1, -0.05) is 71.6 Å². The number of halogens is 3. The van der Waals surface area contributed by atoms with Crippen LogP contribution in [0.4, 0.5) is 5.69 Å². The molecule has 7 nitrogen and oxygen atoms in total. The SMILES string of the molecule is CC[C@H](C(=O)NC)N(Cc1ccc(Cl)cc1Cl)C(=O)CN(c1cccc(Cl)c1)S(=O)(=O)c1ccc(C)cc1. The number of anilines is 1. The Bertz CT molecular complexity index is 1420. The molecular formula is C27H28Cl3N3O4S. The Balaban J connectivity index is 2.08. The van der Waals surface area contributed by atoms with E-state index < -0.39 is 28.5 Å². The number of aryl methyl sites for hydroxylation is 1. The van der Waals surface area contributed by atoms with Crippen LogP contribution in [0.5, 0.6) is 0 Å². The van der Waals surface area contributed by atoms with Crippen LogP contribution < -0.4 is 9.62 Å². The maximum atomic E-state index is 13.9. The summed E-state index contributed by atoms with van der Waals surface area (Å²) in [7, 11) is -2.70. The number of nitrogens with one attached hydrogen (secondary N) is 1. The highest BCUT2D eigenvalue weighted by molar-refractivity contribution is 7.92. The Kier molecular flexibility index (Phi) is 10.1. The van der Waals surface area contributed by atoms with E-state index in [-0.39, 0.29) is 23.0 Å². The second kappa shape index (κ2) is 12.8. The van der Waals surface area contributed by atoms with Crippen LogP contribution in [0.2, 0.25) is 15.1 Å². The van der Waals surface area contributed by atoms with Gasteiger partial charge < -0.3 is 10.2 Å². The van der Waals surface area contributed by atoms with Crippen molar-refractivity contribution in [3.63, 3.8) is 0 Å². The summed E-state index contributed by atoms with van der Waals surface area (Å²) in [5.74, 6) is -0.983. The minimum atomic E-state index is -4.18. The predicted octanol–water partition coefficient (Wildman–Crippen LogP) is 5.70. The van der Waals surface area contributed by atoms with Crippen molar-refractivity contribution in [3.05, 3.63) is 92.9 Å². The number of hydrogen-bond acceptors (Lipinski definition) is 4. The minimum absolute atomic E-state index is 0.0153. The molecule has 1 N–H and O–H groups in total. The normalized spacial score (nSPS) is 12.1. The maximum Gasteiger partial charge on any atom is 0.264 e. The summed E-state index contributed by atoms with van der Waals surface area (Å²) in [6.45, 7) is 3.00. The van der Waals surface area contributed by atoms with Crippen LogP contribution in [0.3, 0.4) is 0 Å². The first-order valence-electron chi connectivity index (χ1n) is 11.8. The Morgan fingerprint density at radius 2 is 1.61 bits per heavy atom. The Labute approximate surface area is 238 Å². The van der Waals surface area contributed by atoms with Crippen LogP contribution in [-0.4, -0.2) is 44.8 Å². The number of rotatable bonds is 10. The van der Waals surface area contributed by atoms with E-state index in [1.807, 2.05) is 6.92 Å². The highest BCUT2D eigenvalue weighted by Gasteiger charge is 2.33. The van der Waals surface area contributed by atoms with E-state index in [9.17, 15) is 18.0 Å². The molecule has 0 heterocycles. The third kappa shape index (κ3) is 6.99. The fraction of sp³-hybridized carbons (Fsp3) is 0.259. The fourth-order valence-corrected chi connectivity index (χ4v) is 5.98. The van der Waals surface area contributed by atoms with Crippen molar-refractivity contribution in [1.29, 1.82) is 0 Å². The van der Waals surface area contributed by atoms with Crippen LogP contribution in [0.25, 0.3) is 0 Å². The van der Waals surface area contributed by atoms with Crippen LogP contribution in [0, 0.1) is 6.92 Å². The molecule has 202 valence electrons. The summed E-state index contributed by atoms with van der Waals surface area (Å²) >= 11 is 18.6. The van der Waals surface area contributed by atoms with Crippen LogP contribution >= 0.6 is 34.8 Å². The van der Waals surface area contributed by atoms with E-state index >= 15 is 0 Å². The Morgan fingerprint density at radius 1 is 0.947 bits per heavy atom. The molecule has 0 aliphatic rings. The molecule has 0 bridgehead atoms. The zero-order valence-corrected chi connectivity index (χ0v) is 24.2. The zero-order valence-electron chi connectivity index (χ0n) is 21.1. The number of amides is 2. The van der Waals surface area contributed by atoms with E-state index in [2.05, 4.69) is 5.32 Å². The summed E-state index contributed by atoms with van der Waals surface area (Å²) in [4.78, 5) is 28.0. The molecule has 0 aliphatic carbocycles. The highest BCUT2D eigenvalue weighted by atomic mass is 35.5. The first-order chi connectivity index (χ1) is 18.0. The largest absolute Gasteiger partial charge is 0.357 e. The van der Waals surface area contributed by atoms with Crippen molar-refractivity contribution < 1.29 is 18.0 Å². The average molecular weight is 597 g/mol. The molecule has 3 rings (SSSR count). The molecule has 0 aliphatic heterocycles. The topological polar surface area (TPSA) is 86.8 Å². The second-order valence-electron chi connectivity index (χ2n) is 8.60. The van der Waals surface area contributed by atoms with Gasteiger partial charge in [0.15, 0.2) is 0 Å². The molecule has 0 saturated heterocycles. The molecule has 3 aromatic rings. The molecule has 0 saturated carbocycles. The Hall–Kier alpha value is -2.78. The van der Waals surface area contributed by atoms with E-state index in [1.54, 1.807) is 55.5 Å². The van der Waals surface area contributed by atoms with Gasteiger partial charge in [0.2, 0.25) is 11.8 Å². The van der Waals surface area contributed by atoms with Crippen molar-refractivity contribution in [2.75, 3.05) is 17.9 Å². The lowest BCUT2D eigenvalue weighted by Gasteiger charge is -2.33. The van der Waals surface area contributed by atoms with Gasteiger partial charge in [-0.05, 0) is 61.4 Å². The van der Waals surface area contributed by atoms with Gasteiger partial charge >= 0.3 is 0 Å². The van der Waals surface area contributed by atoms with Gasteiger partial charge in [-0.2, -0.15) is 0 Å².